The molecule has 1 unspecified atom stereocenters. The Morgan fingerprint density at radius 1 is 1.75 bits per heavy atom. The number of nitrogens with one attached hydrogen (secondary N) is 1. The van der Waals surface area contributed by atoms with Gasteiger partial charge < -0.3 is 11.1 Å². The second kappa shape index (κ2) is 4.72. The Hall–Kier alpha value is -0.220. The van der Waals surface area contributed by atoms with Gasteiger partial charge in [0.05, 0.1) is 6.04 Å². The predicted octanol–water partition coefficient (Wildman–Crippen LogP) is 0.345. The first-order valence-electron chi connectivity index (χ1n) is 4.37. The monoisotopic (exact) mass is 188 g/mol. The first-order chi connectivity index (χ1) is 5.74. The van der Waals surface area contributed by atoms with Crippen molar-refractivity contribution in [2.24, 2.45) is 5.73 Å². The predicted molar refractivity (Wildman–Crippen MR) is 52.1 cm³/mol. The van der Waals surface area contributed by atoms with Crippen molar-refractivity contribution in [3.05, 3.63) is 0 Å². The molecule has 0 aromatic heterocycles. The lowest BCUT2D eigenvalue weighted by Crippen LogP contribution is -2.44. The summed E-state index contributed by atoms with van der Waals surface area (Å²) in [4.78, 5) is 10.9. The minimum atomic E-state index is -0.220. The van der Waals surface area contributed by atoms with Crippen LogP contribution < -0.4 is 11.1 Å². The zero-order chi connectivity index (χ0) is 8.97. The summed E-state index contributed by atoms with van der Waals surface area (Å²) in [6, 6.07) is 0.433. The molecule has 1 aliphatic rings. The maximum absolute atomic E-state index is 10.9. The minimum Gasteiger partial charge on any atom is -0.368 e. The molecule has 1 atom stereocenters. The van der Waals surface area contributed by atoms with Crippen LogP contribution in [0.1, 0.15) is 19.8 Å². The quantitative estimate of drug-likeness (QED) is 0.632. The SMILES string of the molecule is CCSCC(NC1CC1)C(N)=O. The van der Waals surface area contributed by atoms with E-state index in [-0.39, 0.29) is 11.9 Å². The van der Waals surface area contributed by atoms with Gasteiger partial charge in [-0.05, 0) is 18.6 Å². The van der Waals surface area contributed by atoms with Crippen molar-refractivity contribution in [2.75, 3.05) is 11.5 Å². The maximum atomic E-state index is 10.9. The van der Waals surface area contributed by atoms with Crippen LogP contribution in [0.5, 0.6) is 0 Å². The fourth-order valence-corrected chi connectivity index (χ4v) is 1.71. The standard InChI is InChI=1S/C8H16N2OS/c1-2-12-5-7(8(9)11)10-6-3-4-6/h6-7,10H,2-5H2,1H3,(H2,9,11). The van der Waals surface area contributed by atoms with Gasteiger partial charge >= 0.3 is 0 Å². The van der Waals surface area contributed by atoms with Crippen molar-refractivity contribution in [1.29, 1.82) is 0 Å². The van der Waals surface area contributed by atoms with Crippen LogP contribution in [0.15, 0.2) is 0 Å². The Morgan fingerprint density at radius 2 is 2.42 bits per heavy atom. The molecule has 0 radical (unpaired) electrons. The second-order valence-electron chi connectivity index (χ2n) is 3.06. The van der Waals surface area contributed by atoms with Crippen molar-refractivity contribution in [2.45, 2.75) is 31.8 Å². The number of hydrogen-bond acceptors (Lipinski definition) is 3. The smallest absolute Gasteiger partial charge is 0.235 e. The molecule has 3 nitrogen and oxygen atoms in total. The average Bonchev–Trinajstić information content (AvgIpc) is 2.80. The zero-order valence-electron chi connectivity index (χ0n) is 7.38. The number of carbonyl (C=O) groups excluding carboxylic acids is 1. The Labute approximate surface area is 77.5 Å². The maximum Gasteiger partial charge on any atom is 0.235 e. The molecule has 4 heteroatoms. The second-order valence-corrected chi connectivity index (χ2v) is 4.37. The summed E-state index contributed by atoms with van der Waals surface area (Å²) in [7, 11) is 0. The van der Waals surface area contributed by atoms with E-state index in [1.54, 1.807) is 11.8 Å². The van der Waals surface area contributed by atoms with Gasteiger partial charge in [-0.2, -0.15) is 11.8 Å². The third-order valence-corrected chi connectivity index (χ3v) is 2.82. The molecular formula is C8H16N2OS. The highest BCUT2D eigenvalue weighted by atomic mass is 32.2. The van der Waals surface area contributed by atoms with Crippen LogP contribution in [-0.4, -0.2) is 29.5 Å². The molecule has 1 fully saturated rings. The number of rotatable bonds is 6. The van der Waals surface area contributed by atoms with Gasteiger partial charge in [-0.1, -0.05) is 6.92 Å². The van der Waals surface area contributed by atoms with E-state index in [1.165, 1.54) is 12.8 Å². The number of amides is 1. The summed E-state index contributed by atoms with van der Waals surface area (Å²) >= 11 is 1.75. The van der Waals surface area contributed by atoms with Gasteiger partial charge in [0, 0.05) is 11.8 Å². The fraction of sp³-hybridized carbons (Fsp3) is 0.875. The number of primary amides is 1. The summed E-state index contributed by atoms with van der Waals surface area (Å²) in [5.74, 6) is 1.63. The first-order valence-corrected chi connectivity index (χ1v) is 5.52. The lowest BCUT2D eigenvalue weighted by Gasteiger charge is -2.13. The largest absolute Gasteiger partial charge is 0.368 e. The Bertz CT molecular complexity index is 159. The molecule has 1 saturated carbocycles. The molecule has 1 aliphatic carbocycles. The normalized spacial score (nSPS) is 19.1. The topological polar surface area (TPSA) is 55.1 Å². The zero-order valence-corrected chi connectivity index (χ0v) is 8.19. The summed E-state index contributed by atoms with van der Waals surface area (Å²) < 4.78 is 0. The molecule has 70 valence electrons. The van der Waals surface area contributed by atoms with Crippen LogP contribution >= 0.6 is 11.8 Å². The summed E-state index contributed by atoms with van der Waals surface area (Å²) in [5.41, 5.74) is 5.24. The van der Waals surface area contributed by atoms with Gasteiger partial charge in [0.15, 0.2) is 0 Å². The van der Waals surface area contributed by atoms with E-state index in [0.29, 0.717) is 6.04 Å². The van der Waals surface area contributed by atoms with Gasteiger partial charge in [-0.25, -0.2) is 0 Å². The minimum absolute atomic E-state index is 0.123. The van der Waals surface area contributed by atoms with Crippen molar-refractivity contribution < 1.29 is 4.79 Å². The first kappa shape index (κ1) is 9.86. The van der Waals surface area contributed by atoms with Crippen LogP contribution in [0.3, 0.4) is 0 Å². The van der Waals surface area contributed by atoms with Gasteiger partial charge in [0.2, 0.25) is 5.91 Å². The summed E-state index contributed by atoms with van der Waals surface area (Å²) in [6.45, 7) is 2.08. The molecule has 0 saturated heterocycles. The lowest BCUT2D eigenvalue weighted by atomic mass is 10.3. The number of hydrogen-bond donors (Lipinski definition) is 2. The number of carbonyl (C=O) groups is 1. The Kier molecular flexibility index (Phi) is 3.88. The molecule has 0 heterocycles. The van der Waals surface area contributed by atoms with Crippen LogP contribution in [0.25, 0.3) is 0 Å². The van der Waals surface area contributed by atoms with E-state index < -0.39 is 0 Å². The Morgan fingerprint density at radius 3 is 2.83 bits per heavy atom. The van der Waals surface area contributed by atoms with E-state index in [0.717, 1.165) is 11.5 Å². The fourth-order valence-electron chi connectivity index (χ4n) is 0.983. The van der Waals surface area contributed by atoms with Crippen molar-refractivity contribution in [1.82, 2.24) is 5.32 Å². The highest BCUT2D eigenvalue weighted by Gasteiger charge is 2.26. The van der Waals surface area contributed by atoms with Crippen LogP contribution in [0.4, 0.5) is 0 Å². The van der Waals surface area contributed by atoms with Crippen molar-refractivity contribution in [3.8, 4) is 0 Å². The van der Waals surface area contributed by atoms with E-state index >= 15 is 0 Å². The lowest BCUT2D eigenvalue weighted by molar-refractivity contribution is -0.119. The molecule has 1 rings (SSSR count). The van der Waals surface area contributed by atoms with Gasteiger partial charge in [-0.3, -0.25) is 4.79 Å². The van der Waals surface area contributed by atoms with Crippen LogP contribution in [0.2, 0.25) is 0 Å². The van der Waals surface area contributed by atoms with E-state index in [2.05, 4.69) is 12.2 Å². The van der Waals surface area contributed by atoms with Crippen LogP contribution in [0, 0.1) is 0 Å². The molecular weight excluding hydrogens is 172 g/mol. The molecule has 0 aromatic carbocycles. The van der Waals surface area contributed by atoms with Gasteiger partial charge in [0.1, 0.15) is 0 Å². The highest BCUT2D eigenvalue weighted by Crippen LogP contribution is 2.20. The average molecular weight is 188 g/mol. The summed E-state index contributed by atoms with van der Waals surface area (Å²) in [6.07, 6.45) is 2.39. The van der Waals surface area contributed by atoms with E-state index in [1.807, 2.05) is 0 Å². The van der Waals surface area contributed by atoms with Crippen molar-refractivity contribution >= 4 is 17.7 Å². The highest BCUT2D eigenvalue weighted by molar-refractivity contribution is 7.99. The molecule has 0 spiro atoms. The van der Waals surface area contributed by atoms with Gasteiger partial charge in [-0.15, -0.1) is 0 Å². The molecule has 0 aromatic rings. The molecule has 3 N–H and O–H groups in total. The van der Waals surface area contributed by atoms with E-state index in [9.17, 15) is 4.79 Å². The van der Waals surface area contributed by atoms with Gasteiger partial charge in [0.25, 0.3) is 0 Å². The summed E-state index contributed by atoms with van der Waals surface area (Å²) in [5, 5.41) is 3.23. The molecule has 0 bridgehead atoms. The third kappa shape index (κ3) is 3.45. The third-order valence-electron chi connectivity index (χ3n) is 1.85. The van der Waals surface area contributed by atoms with Crippen molar-refractivity contribution in [3.63, 3.8) is 0 Å². The number of nitrogens with two attached hydrogens (primary N) is 1. The molecule has 12 heavy (non-hydrogen) atoms. The Balaban J connectivity index is 2.21. The van der Waals surface area contributed by atoms with E-state index in [4.69, 9.17) is 5.73 Å². The molecule has 1 amide bonds. The number of thioether (sulfide) groups is 1. The van der Waals surface area contributed by atoms with Crippen LogP contribution in [-0.2, 0) is 4.79 Å². The molecule has 0 aliphatic heterocycles.